The summed E-state index contributed by atoms with van der Waals surface area (Å²) in [4.78, 5) is 1.87. The van der Waals surface area contributed by atoms with Crippen LogP contribution in [0.25, 0.3) is 0 Å². The van der Waals surface area contributed by atoms with Crippen molar-refractivity contribution in [2.24, 2.45) is 5.73 Å². The monoisotopic (exact) mass is 388 g/mol. The minimum atomic E-state index is -0.987. The molecule has 0 radical (unpaired) electrons. The summed E-state index contributed by atoms with van der Waals surface area (Å²) < 4.78 is 10.8. The highest BCUT2D eigenvalue weighted by molar-refractivity contribution is 5.41. The molecule has 6 heteroatoms. The van der Waals surface area contributed by atoms with Crippen molar-refractivity contribution in [3.8, 4) is 11.5 Å². The second kappa shape index (κ2) is 10.4. The van der Waals surface area contributed by atoms with Crippen molar-refractivity contribution in [3.05, 3.63) is 59.7 Å². The average molecular weight is 389 g/mol. The van der Waals surface area contributed by atoms with Crippen LogP contribution in [0.15, 0.2) is 48.5 Å². The minimum absolute atomic E-state index is 0.0157. The maximum Gasteiger partial charge on any atom is 0.210 e. The molecule has 0 fully saturated rings. The zero-order valence-corrected chi connectivity index (χ0v) is 17.0. The molecule has 2 aromatic carbocycles. The van der Waals surface area contributed by atoms with Gasteiger partial charge in [0.15, 0.2) is 0 Å². The average Bonchev–Trinajstić information content (AvgIpc) is 2.69. The molecule has 0 saturated carbocycles. The molecule has 6 nitrogen and oxygen atoms in total. The van der Waals surface area contributed by atoms with Crippen molar-refractivity contribution >= 4 is 0 Å². The summed E-state index contributed by atoms with van der Waals surface area (Å²) in [6.07, 6.45) is -0.987. The van der Waals surface area contributed by atoms with Gasteiger partial charge in [-0.2, -0.15) is 0 Å². The van der Waals surface area contributed by atoms with E-state index in [-0.39, 0.29) is 18.6 Å². The second-order valence-electron chi connectivity index (χ2n) is 7.26. The largest absolute Gasteiger partial charge is 0.497 e. The maximum absolute atomic E-state index is 10.2. The Morgan fingerprint density at radius 1 is 0.964 bits per heavy atom. The van der Waals surface area contributed by atoms with Gasteiger partial charge in [0.05, 0.1) is 20.3 Å². The van der Waals surface area contributed by atoms with Gasteiger partial charge in [0.25, 0.3) is 0 Å². The summed E-state index contributed by atoms with van der Waals surface area (Å²) in [6, 6.07) is 15.8. The molecular formula is C22H32N2O4. The van der Waals surface area contributed by atoms with E-state index in [2.05, 4.69) is 26.0 Å². The molecule has 0 spiro atoms. The van der Waals surface area contributed by atoms with Crippen LogP contribution < -0.4 is 15.2 Å². The smallest absolute Gasteiger partial charge is 0.210 e. The van der Waals surface area contributed by atoms with Gasteiger partial charge in [-0.05, 0) is 35.4 Å². The number of benzene rings is 2. The Labute approximate surface area is 167 Å². The highest BCUT2D eigenvalue weighted by atomic mass is 16.6. The minimum Gasteiger partial charge on any atom is -0.497 e. The first-order valence-corrected chi connectivity index (χ1v) is 9.53. The first-order valence-electron chi connectivity index (χ1n) is 9.53. The van der Waals surface area contributed by atoms with Gasteiger partial charge in [-0.25, -0.2) is 0 Å². The quantitative estimate of drug-likeness (QED) is 0.510. The molecule has 0 aromatic heterocycles. The fourth-order valence-electron chi connectivity index (χ4n) is 3.16. The molecule has 0 aliphatic carbocycles. The molecular weight excluding hydrogens is 356 g/mol. The summed E-state index contributed by atoms with van der Waals surface area (Å²) in [5.41, 5.74) is 7.71. The Balaban J connectivity index is 2.03. The lowest BCUT2D eigenvalue weighted by Gasteiger charge is -2.27. The molecule has 0 aliphatic heterocycles. The summed E-state index contributed by atoms with van der Waals surface area (Å²) in [7, 11) is 1.66. The zero-order valence-electron chi connectivity index (χ0n) is 17.0. The predicted molar refractivity (Wildman–Crippen MR) is 111 cm³/mol. The van der Waals surface area contributed by atoms with Gasteiger partial charge in [0.1, 0.15) is 11.5 Å². The lowest BCUT2D eigenvalue weighted by Crippen LogP contribution is -2.39. The number of nitrogens with two attached hydrogens (primary N) is 1. The Morgan fingerprint density at radius 2 is 1.50 bits per heavy atom. The number of ether oxygens (including phenoxy) is 2. The second-order valence-corrected chi connectivity index (χ2v) is 7.26. The predicted octanol–water partition coefficient (Wildman–Crippen LogP) is 1.97. The molecule has 1 atom stereocenters. The highest BCUT2D eigenvalue weighted by Crippen LogP contribution is 2.33. The van der Waals surface area contributed by atoms with Gasteiger partial charge in [-0.1, -0.05) is 38.1 Å². The molecule has 0 bridgehead atoms. The fraction of sp³-hybridized carbons (Fsp3) is 0.455. The molecule has 0 aliphatic rings. The van der Waals surface area contributed by atoms with Crippen LogP contribution in [-0.2, 0) is 5.41 Å². The third-order valence-corrected chi connectivity index (χ3v) is 4.94. The molecule has 2 aromatic rings. The maximum atomic E-state index is 10.2. The van der Waals surface area contributed by atoms with Crippen LogP contribution in [0, 0.1) is 0 Å². The fourth-order valence-corrected chi connectivity index (χ4v) is 3.16. The van der Waals surface area contributed by atoms with E-state index in [0.29, 0.717) is 25.4 Å². The van der Waals surface area contributed by atoms with Crippen LogP contribution in [0.2, 0.25) is 0 Å². The third kappa shape index (κ3) is 5.94. The van der Waals surface area contributed by atoms with E-state index in [1.165, 1.54) is 5.56 Å². The van der Waals surface area contributed by atoms with E-state index in [0.717, 1.165) is 11.3 Å². The lowest BCUT2D eigenvalue weighted by molar-refractivity contribution is -0.0423. The van der Waals surface area contributed by atoms with Crippen molar-refractivity contribution in [3.63, 3.8) is 0 Å². The number of rotatable bonds is 11. The highest BCUT2D eigenvalue weighted by Gasteiger charge is 2.23. The van der Waals surface area contributed by atoms with Crippen molar-refractivity contribution in [1.82, 2.24) is 4.90 Å². The molecule has 4 N–H and O–H groups in total. The normalized spacial score (nSPS) is 12.8. The van der Waals surface area contributed by atoms with E-state index < -0.39 is 6.29 Å². The molecule has 0 saturated heterocycles. The van der Waals surface area contributed by atoms with E-state index >= 15 is 0 Å². The lowest BCUT2D eigenvalue weighted by atomic mass is 9.78. The van der Waals surface area contributed by atoms with Crippen molar-refractivity contribution in [2.75, 3.05) is 39.9 Å². The number of nitrogens with zero attached hydrogens (tertiary/aromatic N) is 1. The number of methoxy groups -OCH3 is 1. The van der Waals surface area contributed by atoms with Crippen LogP contribution in [-0.4, -0.2) is 61.3 Å². The Morgan fingerprint density at radius 3 is 1.96 bits per heavy atom. The molecule has 28 heavy (non-hydrogen) atoms. The van der Waals surface area contributed by atoms with E-state index in [1.807, 2.05) is 41.3 Å². The van der Waals surface area contributed by atoms with Gasteiger partial charge in [0, 0.05) is 25.0 Å². The number of hydrogen-bond donors (Lipinski definition) is 3. The summed E-state index contributed by atoms with van der Waals surface area (Å²) in [5.74, 6) is 1.43. The van der Waals surface area contributed by atoms with Crippen molar-refractivity contribution < 1.29 is 19.7 Å². The van der Waals surface area contributed by atoms with Gasteiger partial charge in [-0.3, -0.25) is 4.90 Å². The van der Waals surface area contributed by atoms with Crippen LogP contribution in [0.3, 0.4) is 0 Å². The first-order chi connectivity index (χ1) is 13.4. The third-order valence-electron chi connectivity index (χ3n) is 4.94. The summed E-state index contributed by atoms with van der Waals surface area (Å²) in [6.45, 7) is 6.14. The van der Waals surface area contributed by atoms with E-state index in [1.54, 1.807) is 7.11 Å². The standard InChI is InChI=1S/C22H32N2O4/c1-22(2,17-4-8-19(27-3)9-5-17)18-6-10-20(11-7-18)28-21(26)16-24(13-12-23)14-15-25/h4-11,21,25-26H,12-16,23H2,1-3H3. The number of aliphatic hydroxyl groups excluding tert-OH is 2. The molecule has 154 valence electrons. The molecule has 2 rings (SSSR count). The van der Waals surface area contributed by atoms with Crippen molar-refractivity contribution in [1.29, 1.82) is 0 Å². The van der Waals surface area contributed by atoms with Gasteiger partial charge in [0.2, 0.25) is 6.29 Å². The molecule has 0 heterocycles. The SMILES string of the molecule is COc1ccc(C(C)(C)c2ccc(OC(O)CN(CCN)CCO)cc2)cc1. The molecule has 0 amide bonds. The van der Waals surface area contributed by atoms with Crippen LogP contribution in [0.4, 0.5) is 0 Å². The van der Waals surface area contributed by atoms with Crippen molar-refractivity contribution in [2.45, 2.75) is 25.6 Å². The Kier molecular flexibility index (Phi) is 8.26. The number of aliphatic hydroxyl groups is 2. The van der Waals surface area contributed by atoms with Gasteiger partial charge >= 0.3 is 0 Å². The zero-order chi connectivity index (χ0) is 20.6. The van der Waals surface area contributed by atoms with Gasteiger partial charge < -0.3 is 25.4 Å². The molecule has 1 unspecified atom stereocenters. The summed E-state index contributed by atoms with van der Waals surface area (Å²) in [5, 5.41) is 19.3. The van der Waals surface area contributed by atoms with Crippen LogP contribution in [0.1, 0.15) is 25.0 Å². The van der Waals surface area contributed by atoms with Crippen LogP contribution >= 0.6 is 0 Å². The Bertz CT molecular complexity index is 695. The van der Waals surface area contributed by atoms with E-state index in [4.69, 9.17) is 20.3 Å². The van der Waals surface area contributed by atoms with Gasteiger partial charge in [-0.15, -0.1) is 0 Å². The van der Waals surface area contributed by atoms with Crippen LogP contribution in [0.5, 0.6) is 11.5 Å². The summed E-state index contributed by atoms with van der Waals surface area (Å²) >= 11 is 0. The van der Waals surface area contributed by atoms with E-state index in [9.17, 15) is 5.11 Å². The Hall–Kier alpha value is -2.12. The topological polar surface area (TPSA) is 88.2 Å². The number of hydrogen-bond acceptors (Lipinski definition) is 6. The first kappa shape index (κ1) is 22.2.